The van der Waals surface area contributed by atoms with Gasteiger partial charge in [-0.05, 0) is 71.4 Å². The molecular weight excluding hydrogens is 524 g/mol. The van der Waals surface area contributed by atoms with Crippen LogP contribution in [-0.4, -0.2) is 16.0 Å². The van der Waals surface area contributed by atoms with Crippen molar-refractivity contribution < 1.29 is 14.3 Å². The van der Waals surface area contributed by atoms with Crippen LogP contribution in [0, 0.1) is 0 Å². The first-order valence-electron chi connectivity index (χ1n) is 9.66. The van der Waals surface area contributed by atoms with Gasteiger partial charge in [-0.1, -0.05) is 64.6 Å². The highest BCUT2D eigenvalue weighted by molar-refractivity contribution is 8.18. The van der Waals surface area contributed by atoms with Crippen LogP contribution in [0.25, 0.3) is 6.08 Å². The molecule has 1 heterocycles. The molecule has 2 amide bonds. The zero-order valence-electron chi connectivity index (χ0n) is 16.9. The van der Waals surface area contributed by atoms with E-state index >= 15 is 0 Å². The Hall–Kier alpha value is -2.15. The third kappa shape index (κ3) is 5.86. The standard InChI is InChI=1S/C24H15Cl4NO3S/c25-17-3-1-2-14(8-17)13-32-21-7-6-18(26)9-16(21)10-22-23(30)29(24(31)33-22)12-15-4-5-19(27)11-20(15)28/h1-11H,12-13H2/b22-10+. The average Bonchev–Trinajstić information content (AvgIpc) is 3.02. The molecule has 0 bridgehead atoms. The van der Waals surface area contributed by atoms with Crippen LogP contribution in [0.15, 0.2) is 65.6 Å². The molecule has 3 aromatic rings. The number of thioether (sulfide) groups is 1. The molecule has 1 saturated heterocycles. The zero-order chi connectivity index (χ0) is 23.5. The van der Waals surface area contributed by atoms with Gasteiger partial charge < -0.3 is 4.74 Å². The van der Waals surface area contributed by atoms with Gasteiger partial charge in [0.2, 0.25) is 0 Å². The molecule has 0 aromatic heterocycles. The molecule has 4 rings (SSSR count). The molecule has 0 spiro atoms. The van der Waals surface area contributed by atoms with E-state index < -0.39 is 5.91 Å². The summed E-state index contributed by atoms with van der Waals surface area (Å²) in [6.45, 7) is 0.325. The van der Waals surface area contributed by atoms with Crippen molar-refractivity contribution in [3.8, 4) is 5.75 Å². The van der Waals surface area contributed by atoms with E-state index in [9.17, 15) is 9.59 Å². The van der Waals surface area contributed by atoms with Gasteiger partial charge in [0.25, 0.3) is 11.1 Å². The van der Waals surface area contributed by atoms with Crippen LogP contribution in [0.5, 0.6) is 5.75 Å². The minimum atomic E-state index is -0.420. The highest BCUT2D eigenvalue weighted by atomic mass is 35.5. The summed E-state index contributed by atoms with van der Waals surface area (Å²) in [5, 5.41) is 1.56. The quantitative estimate of drug-likeness (QED) is 0.297. The smallest absolute Gasteiger partial charge is 0.293 e. The van der Waals surface area contributed by atoms with Crippen molar-refractivity contribution in [2.24, 2.45) is 0 Å². The molecule has 1 aliphatic rings. The highest BCUT2D eigenvalue weighted by Gasteiger charge is 2.35. The first kappa shape index (κ1) is 24.0. The fourth-order valence-electron chi connectivity index (χ4n) is 3.15. The van der Waals surface area contributed by atoms with Crippen LogP contribution >= 0.6 is 58.2 Å². The molecule has 0 radical (unpaired) electrons. The number of benzene rings is 3. The summed E-state index contributed by atoms with van der Waals surface area (Å²) in [5.41, 5.74) is 2.10. The molecule has 0 aliphatic carbocycles. The second kappa shape index (κ2) is 10.4. The minimum absolute atomic E-state index is 0.0473. The van der Waals surface area contributed by atoms with Gasteiger partial charge in [-0.25, -0.2) is 0 Å². The maximum atomic E-state index is 13.0. The number of halogens is 4. The van der Waals surface area contributed by atoms with E-state index in [2.05, 4.69) is 0 Å². The van der Waals surface area contributed by atoms with Crippen LogP contribution in [0.3, 0.4) is 0 Å². The predicted octanol–water partition coefficient (Wildman–Crippen LogP) is 8.12. The lowest BCUT2D eigenvalue weighted by atomic mass is 10.1. The Labute approximate surface area is 215 Å². The summed E-state index contributed by atoms with van der Waals surface area (Å²) in [7, 11) is 0. The lowest BCUT2D eigenvalue weighted by Gasteiger charge is -2.14. The highest BCUT2D eigenvalue weighted by Crippen LogP contribution is 2.36. The molecule has 0 N–H and O–H groups in total. The van der Waals surface area contributed by atoms with Gasteiger partial charge in [-0.15, -0.1) is 0 Å². The SMILES string of the molecule is O=C1S/C(=C/c2cc(Cl)ccc2OCc2cccc(Cl)c2)C(=O)N1Cc1ccc(Cl)cc1Cl. The summed E-state index contributed by atoms with van der Waals surface area (Å²) < 4.78 is 5.94. The van der Waals surface area contributed by atoms with Crippen molar-refractivity contribution in [1.29, 1.82) is 0 Å². The lowest BCUT2D eigenvalue weighted by molar-refractivity contribution is -0.123. The summed E-state index contributed by atoms with van der Waals surface area (Å²) in [6, 6.07) is 17.3. The van der Waals surface area contributed by atoms with Gasteiger partial charge in [0, 0.05) is 25.7 Å². The van der Waals surface area contributed by atoms with E-state index in [4.69, 9.17) is 51.1 Å². The van der Waals surface area contributed by atoms with Gasteiger partial charge in [-0.2, -0.15) is 0 Å². The second-order valence-corrected chi connectivity index (χ2v) is 9.81. The molecule has 0 atom stereocenters. The van der Waals surface area contributed by atoms with Crippen molar-refractivity contribution in [2.75, 3.05) is 0 Å². The van der Waals surface area contributed by atoms with E-state index in [1.54, 1.807) is 48.5 Å². The zero-order valence-corrected chi connectivity index (χ0v) is 20.7. The second-order valence-electron chi connectivity index (χ2n) is 7.10. The van der Waals surface area contributed by atoms with E-state index in [0.29, 0.717) is 37.0 Å². The number of hydrogen-bond donors (Lipinski definition) is 0. The molecule has 0 unspecified atom stereocenters. The molecular formula is C24H15Cl4NO3S. The number of hydrogen-bond acceptors (Lipinski definition) is 4. The first-order valence-corrected chi connectivity index (χ1v) is 12.0. The van der Waals surface area contributed by atoms with Gasteiger partial charge in [0.15, 0.2) is 0 Å². The van der Waals surface area contributed by atoms with Crippen molar-refractivity contribution in [3.63, 3.8) is 0 Å². The van der Waals surface area contributed by atoms with Crippen molar-refractivity contribution in [1.82, 2.24) is 4.90 Å². The average molecular weight is 539 g/mol. The van der Waals surface area contributed by atoms with Crippen LogP contribution in [-0.2, 0) is 17.9 Å². The summed E-state index contributed by atoms with van der Waals surface area (Å²) in [5.74, 6) is 0.101. The third-order valence-electron chi connectivity index (χ3n) is 4.76. The Morgan fingerprint density at radius 3 is 2.36 bits per heavy atom. The van der Waals surface area contributed by atoms with Crippen LogP contribution in [0.1, 0.15) is 16.7 Å². The maximum absolute atomic E-state index is 13.0. The summed E-state index contributed by atoms with van der Waals surface area (Å²) in [6.07, 6.45) is 1.60. The topological polar surface area (TPSA) is 46.6 Å². The van der Waals surface area contributed by atoms with Crippen LogP contribution < -0.4 is 4.74 Å². The van der Waals surface area contributed by atoms with E-state index in [0.717, 1.165) is 22.2 Å². The Kier molecular flexibility index (Phi) is 7.57. The molecule has 1 fully saturated rings. The van der Waals surface area contributed by atoms with Crippen molar-refractivity contribution in [3.05, 3.63) is 102 Å². The molecule has 168 valence electrons. The first-order chi connectivity index (χ1) is 15.8. The number of imide groups is 1. The molecule has 33 heavy (non-hydrogen) atoms. The minimum Gasteiger partial charge on any atom is -0.488 e. The van der Waals surface area contributed by atoms with Crippen LogP contribution in [0.2, 0.25) is 20.1 Å². The molecule has 3 aromatic carbocycles. The number of amides is 2. The normalized spacial score (nSPS) is 14.9. The fraction of sp³-hybridized carbons (Fsp3) is 0.0833. The van der Waals surface area contributed by atoms with Crippen molar-refractivity contribution in [2.45, 2.75) is 13.2 Å². The lowest BCUT2D eigenvalue weighted by Crippen LogP contribution is -2.27. The van der Waals surface area contributed by atoms with Crippen LogP contribution in [0.4, 0.5) is 4.79 Å². The predicted molar refractivity (Wildman–Crippen MR) is 135 cm³/mol. The van der Waals surface area contributed by atoms with Gasteiger partial charge in [0.05, 0.1) is 11.4 Å². The number of nitrogens with zero attached hydrogens (tertiary/aromatic N) is 1. The maximum Gasteiger partial charge on any atom is 0.293 e. The van der Waals surface area contributed by atoms with Gasteiger partial charge in [0.1, 0.15) is 12.4 Å². The van der Waals surface area contributed by atoms with E-state index in [1.165, 1.54) is 0 Å². The number of ether oxygens (including phenoxy) is 1. The van der Waals surface area contributed by atoms with E-state index in [1.807, 2.05) is 18.2 Å². The Bertz CT molecular complexity index is 1280. The van der Waals surface area contributed by atoms with E-state index in [-0.39, 0.29) is 23.3 Å². The molecule has 9 heteroatoms. The fourth-order valence-corrected chi connectivity index (χ4v) is 4.84. The van der Waals surface area contributed by atoms with Gasteiger partial charge >= 0.3 is 0 Å². The Morgan fingerprint density at radius 2 is 1.61 bits per heavy atom. The number of carbonyl (C=O) groups is 2. The van der Waals surface area contributed by atoms with Gasteiger partial charge in [-0.3, -0.25) is 14.5 Å². The number of carbonyl (C=O) groups excluding carboxylic acids is 2. The molecule has 0 saturated carbocycles. The third-order valence-corrected chi connectivity index (χ3v) is 6.72. The summed E-state index contributed by atoms with van der Waals surface area (Å²) >= 11 is 25.2. The Morgan fingerprint density at radius 1 is 0.879 bits per heavy atom. The largest absolute Gasteiger partial charge is 0.488 e. The number of rotatable bonds is 6. The summed E-state index contributed by atoms with van der Waals surface area (Å²) in [4.78, 5) is 26.9. The monoisotopic (exact) mass is 537 g/mol. The Balaban J connectivity index is 1.56. The van der Waals surface area contributed by atoms with Crippen molar-refractivity contribution >= 4 is 75.4 Å². The molecule has 1 aliphatic heterocycles. The molecule has 4 nitrogen and oxygen atoms in total.